The molecule has 3 heterocycles. The average molecular weight is 650 g/mol. The standard InChI is InChI=1S/C28H34ClN7O2.C2HF3O2/c1-28-16-19(22-3-2-4-23(29)24(22)38-28)15-20(17-28)32-26-33-25(31-10-9-18-5-7-21(37)8-6-18)34-27(35-26)36-13-11-30-12-14-36;3-2(4,5)1(6)7/h2-8,19-20,30,37H,9-17H2,1H3,(H2,31,32,33,34,35);(H,6,7)/t19-,20-,28-;/m0./s1. The molecule has 3 aromatic rings. The van der Waals surface area contributed by atoms with E-state index in [1.165, 1.54) is 5.56 Å². The number of nitrogens with zero attached hydrogens (tertiary/aromatic N) is 4. The number of piperazine rings is 1. The second kappa shape index (κ2) is 13.5. The van der Waals surface area contributed by atoms with E-state index in [0.29, 0.717) is 35.3 Å². The van der Waals surface area contributed by atoms with Crippen LogP contribution in [0, 0.1) is 0 Å². The Labute approximate surface area is 263 Å². The van der Waals surface area contributed by atoms with Crippen LogP contribution in [0.5, 0.6) is 11.5 Å². The van der Waals surface area contributed by atoms with Gasteiger partial charge in [0.05, 0.1) is 5.02 Å². The van der Waals surface area contributed by atoms with Crippen LogP contribution < -0.4 is 25.6 Å². The van der Waals surface area contributed by atoms with Gasteiger partial charge in [0.15, 0.2) is 0 Å². The number of aliphatic carboxylic acids is 1. The van der Waals surface area contributed by atoms with Crippen molar-refractivity contribution in [3.63, 3.8) is 0 Å². The number of aromatic nitrogens is 3. The molecule has 45 heavy (non-hydrogen) atoms. The number of carboxylic acids is 1. The number of hydrogen-bond acceptors (Lipinski definition) is 10. The van der Waals surface area contributed by atoms with Crippen molar-refractivity contribution in [3.05, 3.63) is 58.6 Å². The Kier molecular flexibility index (Phi) is 9.73. The SMILES string of the molecule is C[C@@]12C[C@@H](Nc3nc(NCCc4ccc(O)cc4)nc(N4CCNCC4)n3)C[C@@H](C1)c1cccc(Cl)c1O2.O=C(O)C(F)(F)F. The monoisotopic (exact) mass is 649 g/mol. The van der Waals surface area contributed by atoms with Crippen LogP contribution in [-0.4, -0.2) is 81.7 Å². The van der Waals surface area contributed by atoms with Crippen molar-refractivity contribution in [1.29, 1.82) is 0 Å². The predicted molar refractivity (Wildman–Crippen MR) is 163 cm³/mol. The second-order valence-corrected chi connectivity index (χ2v) is 12.0. The van der Waals surface area contributed by atoms with E-state index in [1.807, 2.05) is 24.3 Å². The van der Waals surface area contributed by atoms with Gasteiger partial charge < -0.3 is 35.8 Å². The first-order chi connectivity index (χ1) is 21.4. The van der Waals surface area contributed by atoms with Crippen LogP contribution in [0.4, 0.5) is 31.0 Å². The number of carbonyl (C=O) groups is 1. The van der Waals surface area contributed by atoms with Crippen molar-refractivity contribution >= 4 is 35.4 Å². The molecular formula is C30H35ClF3N7O4. The number of aromatic hydroxyl groups is 1. The highest BCUT2D eigenvalue weighted by molar-refractivity contribution is 6.32. The number of benzene rings is 2. The van der Waals surface area contributed by atoms with Gasteiger partial charge in [0.25, 0.3) is 0 Å². The third-order valence-corrected chi connectivity index (χ3v) is 8.24. The molecule has 11 nitrogen and oxygen atoms in total. The molecule has 1 aliphatic carbocycles. The summed E-state index contributed by atoms with van der Waals surface area (Å²) in [6, 6.07) is 13.5. The van der Waals surface area contributed by atoms with E-state index in [0.717, 1.165) is 63.2 Å². The Bertz CT molecular complexity index is 1490. The lowest BCUT2D eigenvalue weighted by atomic mass is 9.71. The third-order valence-electron chi connectivity index (χ3n) is 7.94. The molecule has 1 saturated heterocycles. The minimum absolute atomic E-state index is 0.161. The molecule has 0 radical (unpaired) electrons. The van der Waals surface area contributed by atoms with Crippen molar-refractivity contribution < 1.29 is 32.9 Å². The molecule has 5 N–H and O–H groups in total. The Balaban J connectivity index is 0.000000515. The van der Waals surface area contributed by atoms with E-state index in [4.69, 9.17) is 41.2 Å². The first-order valence-corrected chi connectivity index (χ1v) is 15.0. The first kappa shape index (κ1) is 32.4. The van der Waals surface area contributed by atoms with Gasteiger partial charge in [-0.2, -0.15) is 28.1 Å². The molecule has 1 aromatic heterocycles. The summed E-state index contributed by atoms with van der Waals surface area (Å²) in [4.78, 5) is 25.4. The number of phenols is 1. The summed E-state index contributed by atoms with van der Waals surface area (Å²) < 4.78 is 38.2. The lowest BCUT2D eigenvalue weighted by Gasteiger charge is -2.47. The molecular weight excluding hydrogens is 615 g/mol. The average Bonchev–Trinajstić information content (AvgIpc) is 2.99. The third kappa shape index (κ3) is 8.37. The maximum Gasteiger partial charge on any atom is 0.490 e. The molecule has 0 amide bonds. The van der Waals surface area contributed by atoms with Crippen molar-refractivity contribution in [2.45, 2.75) is 56.3 Å². The fraction of sp³-hybridized carbons (Fsp3) is 0.467. The number of nitrogens with one attached hydrogen (secondary N) is 3. The van der Waals surface area contributed by atoms with Crippen LogP contribution in [0.2, 0.25) is 5.02 Å². The summed E-state index contributed by atoms with van der Waals surface area (Å²) in [5, 5.41) is 27.8. The summed E-state index contributed by atoms with van der Waals surface area (Å²) >= 11 is 6.48. The van der Waals surface area contributed by atoms with Gasteiger partial charge in [0.1, 0.15) is 17.1 Å². The number of fused-ring (bicyclic) bond motifs is 4. The number of alkyl halides is 3. The van der Waals surface area contributed by atoms with Crippen molar-refractivity contribution in [2.24, 2.45) is 0 Å². The van der Waals surface area contributed by atoms with E-state index in [1.54, 1.807) is 12.1 Å². The molecule has 6 rings (SSSR count). The topological polar surface area (TPSA) is 145 Å². The molecule has 2 aromatic carbocycles. The second-order valence-electron chi connectivity index (χ2n) is 11.6. The highest BCUT2D eigenvalue weighted by Gasteiger charge is 2.45. The van der Waals surface area contributed by atoms with Crippen molar-refractivity contribution in [3.8, 4) is 11.5 Å². The number of carboxylic acid groups (broad SMARTS) is 1. The number of rotatable bonds is 7. The van der Waals surface area contributed by atoms with Crippen molar-refractivity contribution in [2.75, 3.05) is 48.3 Å². The number of halogens is 4. The Morgan fingerprint density at radius 2 is 1.80 bits per heavy atom. The zero-order valence-corrected chi connectivity index (χ0v) is 25.3. The molecule has 242 valence electrons. The molecule has 2 aliphatic heterocycles. The molecule has 3 aliphatic rings. The van der Waals surface area contributed by atoms with E-state index in [2.05, 4.69) is 33.8 Å². The van der Waals surface area contributed by atoms with Crippen LogP contribution in [0.1, 0.15) is 43.2 Å². The highest BCUT2D eigenvalue weighted by atomic mass is 35.5. The summed E-state index contributed by atoms with van der Waals surface area (Å²) in [5.41, 5.74) is 2.03. The lowest BCUT2D eigenvalue weighted by Crippen LogP contribution is -2.48. The summed E-state index contributed by atoms with van der Waals surface area (Å²) in [7, 11) is 0. The Morgan fingerprint density at radius 3 is 2.49 bits per heavy atom. The minimum atomic E-state index is -5.08. The largest absolute Gasteiger partial charge is 0.508 e. The van der Waals surface area contributed by atoms with Gasteiger partial charge in [0.2, 0.25) is 17.8 Å². The molecule has 15 heteroatoms. The number of phenolic OH excluding ortho intramolecular Hbond substituents is 1. The highest BCUT2D eigenvalue weighted by Crippen LogP contribution is 2.51. The van der Waals surface area contributed by atoms with E-state index < -0.39 is 12.1 Å². The molecule has 0 spiro atoms. The molecule has 0 unspecified atom stereocenters. The molecule has 1 saturated carbocycles. The van der Waals surface area contributed by atoms with E-state index >= 15 is 0 Å². The molecule has 2 bridgehead atoms. The number of hydrogen-bond donors (Lipinski definition) is 5. The van der Waals surface area contributed by atoms with Crippen LogP contribution in [0.15, 0.2) is 42.5 Å². The number of ether oxygens (including phenoxy) is 1. The van der Waals surface area contributed by atoms with Gasteiger partial charge >= 0.3 is 12.1 Å². The molecule has 3 atom stereocenters. The van der Waals surface area contributed by atoms with Gasteiger partial charge in [-0.15, -0.1) is 0 Å². The normalized spacial score (nSPS) is 22.3. The van der Waals surface area contributed by atoms with Gasteiger partial charge in [-0.05, 0) is 61.4 Å². The number of anilines is 3. The van der Waals surface area contributed by atoms with Gasteiger partial charge in [0, 0.05) is 45.2 Å². The predicted octanol–water partition coefficient (Wildman–Crippen LogP) is 4.83. The fourth-order valence-electron chi connectivity index (χ4n) is 5.95. The minimum Gasteiger partial charge on any atom is -0.508 e. The van der Waals surface area contributed by atoms with Gasteiger partial charge in [-0.3, -0.25) is 0 Å². The lowest BCUT2D eigenvalue weighted by molar-refractivity contribution is -0.192. The van der Waals surface area contributed by atoms with Crippen LogP contribution in [-0.2, 0) is 11.2 Å². The Morgan fingerprint density at radius 1 is 1.11 bits per heavy atom. The summed E-state index contributed by atoms with van der Waals surface area (Å²) in [5.74, 6) is 0.553. The van der Waals surface area contributed by atoms with Gasteiger partial charge in [-0.25, -0.2) is 4.79 Å². The van der Waals surface area contributed by atoms with E-state index in [-0.39, 0.29) is 17.4 Å². The summed E-state index contributed by atoms with van der Waals surface area (Å²) in [6.07, 6.45) is -1.51. The summed E-state index contributed by atoms with van der Waals surface area (Å²) in [6.45, 7) is 6.36. The maximum atomic E-state index is 10.6. The maximum absolute atomic E-state index is 10.6. The van der Waals surface area contributed by atoms with Crippen molar-refractivity contribution in [1.82, 2.24) is 20.3 Å². The van der Waals surface area contributed by atoms with Crippen LogP contribution in [0.3, 0.4) is 0 Å². The molecule has 2 fully saturated rings. The quantitative estimate of drug-likeness (QED) is 0.240. The Hall–Kier alpha value is -4.04. The zero-order valence-electron chi connectivity index (χ0n) is 24.6. The smallest absolute Gasteiger partial charge is 0.490 e. The zero-order chi connectivity index (χ0) is 32.2. The van der Waals surface area contributed by atoms with Gasteiger partial charge in [-0.1, -0.05) is 35.9 Å². The first-order valence-electron chi connectivity index (χ1n) is 14.7. The fourth-order valence-corrected chi connectivity index (χ4v) is 6.17. The number of para-hydroxylation sites is 1. The van der Waals surface area contributed by atoms with E-state index in [9.17, 15) is 18.3 Å². The van der Waals surface area contributed by atoms with Crippen LogP contribution in [0.25, 0.3) is 0 Å². The van der Waals surface area contributed by atoms with Crippen LogP contribution >= 0.6 is 11.6 Å².